The zero-order valence-electron chi connectivity index (χ0n) is 10.6. The zero-order valence-corrected chi connectivity index (χ0v) is 11.4. The van der Waals surface area contributed by atoms with Crippen LogP contribution in [0.3, 0.4) is 0 Å². The van der Waals surface area contributed by atoms with Gasteiger partial charge in [0.2, 0.25) is 10.0 Å². The minimum Gasteiger partial charge on any atom is -0.548 e. The van der Waals surface area contributed by atoms with Gasteiger partial charge in [0.15, 0.2) is 0 Å². The molecular weight excluding hydrogens is 304 g/mol. The van der Waals surface area contributed by atoms with Gasteiger partial charge in [-0.1, -0.05) is 0 Å². The Kier molecular flexibility index (Phi) is 3.94. The molecule has 0 bridgehead atoms. The predicted octanol–water partition coefficient (Wildman–Crippen LogP) is -1.53. The molecule has 0 aliphatic carbocycles. The zero-order chi connectivity index (χ0) is 15.8. The summed E-state index contributed by atoms with van der Waals surface area (Å²) in [7, 11) is -4.18. The highest BCUT2D eigenvalue weighted by Crippen LogP contribution is 2.27. The Morgan fingerprint density at radius 2 is 1.90 bits per heavy atom. The van der Waals surface area contributed by atoms with Crippen LogP contribution in [0.15, 0.2) is 29.2 Å². The summed E-state index contributed by atoms with van der Waals surface area (Å²) in [4.78, 5) is 20.5. The van der Waals surface area contributed by atoms with E-state index >= 15 is 0 Å². The third-order valence-electron chi connectivity index (χ3n) is 3.16. The fourth-order valence-electron chi connectivity index (χ4n) is 2.14. The molecule has 1 N–H and O–H groups in total. The largest absolute Gasteiger partial charge is 0.548 e. The van der Waals surface area contributed by atoms with Gasteiger partial charge < -0.3 is 15.0 Å². The lowest BCUT2D eigenvalue weighted by Crippen LogP contribution is -2.46. The molecule has 2 rings (SSSR count). The molecule has 0 radical (unpaired) electrons. The molecule has 1 fully saturated rings. The van der Waals surface area contributed by atoms with Gasteiger partial charge in [0.05, 0.1) is 27.9 Å². The van der Waals surface area contributed by atoms with E-state index in [0.29, 0.717) is 4.31 Å². The number of β-amino-alcohol motifs (C(OH)–C–C–N with tert-alkyl or cyclic N) is 1. The van der Waals surface area contributed by atoms with Gasteiger partial charge in [0.1, 0.15) is 0 Å². The van der Waals surface area contributed by atoms with Crippen LogP contribution in [-0.2, 0) is 14.8 Å². The highest BCUT2D eigenvalue weighted by molar-refractivity contribution is 7.89. The first-order chi connectivity index (χ1) is 9.73. The molecule has 10 heteroatoms. The molecule has 0 unspecified atom stereocenters. The monoisotopic (exact) mass is 315 g/mol. The third kappa shape index (κ3) is 2.86. The quantitative estimate of drug-likeness (QED) is 0.524. The molecule has 1 aromatic rings. The van der Waals surface area contributed by atoms with E-state index < -0.39 is 33.1 Å². The van der Waals surface area contributed by atoms with Crippen LogP contribution in [0.1, 0.15) is 6.42 Å². The van der Waals surface area contributed by atoms with Crippen LogP contribution < -0.4 is 5.11 Å². The first-order valence-corrected chi connectivity index (χ1v) is 7.32. The van der Waals surface area contributed by atoms with Crippen molar-refractivity contribution in [3.63, 3.8) is 0 Å². The fraction of sp³-hybridized carbons (Fsp3) is 0.364. The summed E-state index contributed by atoms with van der Waals surface area (Å²) in [6, 6.07) is 2.59. The van der Waals surface area contributed by atoms with Gasteiger partial charge in [-0.15, -0.1) is 0 Å². The van der Waals surface area contributed by atoms with Crippen molar-refractivity contribution in [1.82, 2.24) is 4.31 Å². The molecule has 1 aromatic carbocycles. The second-order valence-electron chi connectivity index (χ2n) is 4.55. The van der Waals surface area contributed by atoms with Gasteiger partial charge in [-0.3, -0.25) is 10.1 Å². The minimum absolute atomic E-state index is 0.255. The van der Waals surface area contributed by atoms with Gasteiger partial charge in [-0.05, 0) is 18.6 Å². The molecular formula is C11H11N2O7S-. The molecule has 1 aliphatic heterocycles. The average molecular weight is 315 g/mol. The number of aliphatic hydroxyl groups is 1. The van der Waals surface area contributed by atoms with E-state index in [0.717, 1.165) is 24.3 Å². The van der Waals surface area contributed by atoms with Crippen molar-refractivity contribution < 1.29 is 28.3 Å². The topological polar surface area (TPSA) is 141 Å². The van der Waals surface area contributed by atoms with Crippen molar-refractivity contribution in [1.29, 1.82) is 0 Å². The highest BCUT2D eigenvalue weighted by Gasteiger charge is 2.40. The van der Waals surface area contributed by atoms with Gasteiger partial charge in [-0.25, -0.2) is 8.42 Å². The van der Waals surface area contributed by atoms with E-state index in [1.165, 1.54) is 0 Å². The molecule has 2 atom stereocenters. The number of nitro groups is 1. The highest BCUT2D eigenvalue weighted by atomic mass is 32.2. The van der Waals surface area contributed by atoms with E-state index in [4.69, 9.17) is 0 Å². The van der Waals surface area contributed by atoms with Crippen LogP contribution >= 0.6 is 0 Å². The van der Waals surface area contributed by atoms with E-state index in [2.05, 4.69) is 0 Å². The Hall–Kier alpha value is -2.04. The molecule has 0 saturated carbocycles. The SMILES string of the molecule is O=C([O-])[C@@H]1C[C@@H](O)CN1S(=O)(=O)c1ccc([N+](=O)[O-])cc1. The van der Waals surface area contributed by atoms with Gasteiger partial charge in [-0.2, -0.15) is 4.31 Å². The minimum atomic E-state index is -4.18. The number of rotatable bonds is 4. The number of carboxylic acids is 1. The second-order valence-corrected chi connectivity index (χ2v) is 6.44. The summed E-state index contributed by atoms with van der Waals surface area (Å²) in [5, 5.41) is 30.9. The van der Waals surface area contributed by atoms with Crippen molar-refractivity contribution in [2.75, 3.05) is 6.54 Å². The number of hydrogen-bond donors (Lipinski definition) is 1. The average Bonchev–Trinajstić information content (AvgIpc) is 2.82. The Morgan fingerprint density at radius 1 is 1.33 bits per heavy atom. The van der Waals surface area contributed by atoms with Crippen molar-refractivity contribution in [2.45, 2.75) is 23.5 Å². The normalized spacial score (nSPS) is 23.1. The van der Waals surface area contributed by atoms with E-state index in [-0.39, 0.29) is 23.5 Å². The number of carbonyl (C=O) groups excluding carboxylic acids is 1. The molecule has 0 amide bonds. The number of nitro benzene ring substituents is 1. The number of carbonyl (C=O) groups is 1. The van der Waals surface area contributed by atoms with Gasteiger partial charge in [0, 0.05) is 18.7 Å². The van der Waals surface area contributed by atoms with Crippen LogP contribution in [0, 0.1) is 10.1 Å². The maximum absolute atomic E-state index is 12.3. The van der Waals surface area contributed by atoms with E-state index in [9.17, 15) is 33.5 Å². The lowest BCUT2D eigenvalue weighted by Gasteiger charge is -2.24. The first-order valence-electron chi connectivity index (χ1n) is 5.88. The lowest BCUT2D eigenvalue weighted by molar-refractivity contribution is -0.384. The van der Waals surface area contributed by atoms with Crippen LogP contribution in [-0.4, -0.2) is 47.4 Å². The van der Waals surface area contributed by atoms with Gasteiger partial charge in [0.25, 0.3) is 5.69 Å². The van der Waals surface area contributed by atoms with Gasteiger partial charge >= 0.3 is 0 Å². The number of aliphatic carboxylic acids is 1. The Morgan fingerprint density at radius 3 is 2.38 bits per heavy atom. The smallest absolute Gasteiger partial charge is 0.269 e. The molecule has 0 spiro atoms. The van der Waals surface area contributed by atoms with E-state index in [1.807, 2.05) is 0 Å². The standard InChI is InChI=1S/C11H12N2O7S/c14-8-5-10(11(15)16)12(6-8)21(19,20)9-3-1-7(2-4-9)13(17)18/h1-4,8,10,14H,5-6H2,(H,15,16)/p-1/t8-,10+/m1/s1. The Labute approximate surface area is 119 Å². The maximum Gasteiger partial charge on any atom is 0.269 e. The summed E-state index contributed by atoms with van der Waals surface area (Å²) in [6.45, 7) is -0.363. The molecule has 0 aromatic heterocycles. The third-order valence-corrected chi connectivity index (χ3v) is 5.05. The van der Waals surface area contributed by atoms with Crippen molar-refractivity contribution in [3.8, 4) is 0 Å². The lowest BCUT2D eigenvalue weighted by atomic mass is 10.2. The van der Waals surface area contributed by atoms with Crippen molar-refractivity contribution in [3.05, 3.63) is 34.4 Å². The molecule has 9 nitrogen and oxygen atoms in total. The summed E-state index contributed by atoms with van der Waals surface area (Å²) in [5.74, 6) is -1.60. The first kappa shape index (κ1) is 15.4. The van der Waals surface area contributed by atoms with Crippen LogP contribution in [0.4, 0.5) is 5.69 Å². The van der Waals surface area contributed by atoms with Crippen molar-refractivity contribution >= 4 is 21.7 Å². The summed E-state index contributed by atoms with van der Waals surface area (Å²) < 4.78 is 25.3. The number of nitrogens with zero attached hydrogens (tertiary/aromatic N) is 2. The number of carboxylic acid groups (broad SMARTS) is 1. The molecule has 1 heterocycles. The second kappa shape index (κ2) is 5.39. The Balaban J connectivity index is 2.37. The number of hydrogen-bond acceptors (Lipinski definition) is 7. The number of non-ortho nitro benzene ring substituents is 1. The summed E-state index contributed by atoms with van der Waals surface area (Å²) in [6.07, 6.45) is -1.35. The fourth-order valence-corrected chi connectivity index (χ4v) is 3.77. The maximum atomic E-state index is 12.3. The molecule has 114 valence electrons. The Bertz CT molecular complexity index is 670. The molecule has 1 saturated heterocycles. The van der Waals surface area contributed by atoms with Crippen LogP contribution in [0.2, 0.25) is 0 Å². The van der Waals surface area contributed by atoms with Crippen LogP contribution in [0.5, 0.6) is 0 Å². The number of benzene rings is 1. The molecule has 1 aliphatic rings. The van der Waals surface area contributed by atoms with Crippen molar-refractivity contribution in [2.24, 2.45) is 0 Å². The summed E-state index contributed by atoms with van der Waals surface area (Å²) in [5.41, 5.74) is -0.285. The number of aliphatic hydroxyl groups excluding tert-OH is 1. The molecule has 21 heavy (non-hydrogen) atoms. The summed E-state index contributed by atoms with van der Waals surface area (Å²) >= 11 is 0. The van der Waals surface area contributed by atoms with Crippen LogP contribution in [0.25, 0.3) is 0 Å². The predicted molar refractivity (Wildman–Crippen MR) is 66.4 cm³/mol. The van der Waals surface area contributed by atoms with E-state index in [1.54, 1.807) is 0 Å². The number of sulfonamides is 1.